The summed E-state index contributed by atoms with van der Waals surface area (Å²) in [4.78, 5) is 13.6. The lowest BCUT2D eigenvalue weighted by Crippen LogP contribution is -2.36. The van der Waals surface area contributed by atoms with Crippen LogP contribution in [0.15, 0.2) is 53.4 Å². The minimum absolute atomic E-state index is 0.0921. The summed E-state index contributed by atoms with van der Waals surface area (Å²) in [7, 11) is -3.79. The van der Waals surface area contributed by atoms with E-state index in [1.807, 2.05) is 18.2 Å². The second-order valence-electron chi connectivity index (χ2n) is 6.32. The van der Waals surface area contributed by atoms with E-state index in [4.69, 9.17) is 9.47 Å². The first-order chi connectivity index (χ1) is 12.4. The summed E-state index contributed by atoms with van der Waals surface area (Å²) in [5.41, 5.74) is 0.437. The van der Waals surface area contributed by atoms with Crippen molar-refractivity contribution in [3.05, 3.63) is 54.1 Å². The fraction of sp³-hybridized carbons (Fsp3) is 0.278. The fourth-order valence-electron chi connectivity index (χ4n) is 3.34. The molecule has 8 heteroatoms. The number of benzene rings is 2. The van der Waals surface area contributed by atoms with Gasteiger partial charge in [0.15, 0.2) is 5.94 Å². The van der Waals surface area contributed by atoms with Gasteiger partial charge in [0.05, 0.1) is 23.6 Å². The number of aliphatic hydroxyl groups is 1. The predicted molar refractivity (Wildman–Crippen MR) is 91.6 cm³/mol. The summed E-state index contributed by atoms with van der Waals surface area (Å²) in [5.74, 6) is 0.348. The third-order valence-electron chi connectivity index (χ3n) is 4.51. The van der Waals surface area contributed by atoms with Crippen molar-refractivity contribution in [2.75, 3.05) is 12.5 Å². The lowest BCUT2D eigenvalue weighted by atomic mass is 10.0. The number of hydrogen-bond donors (Lipinski definition) is 1. The Bertz CT molecular complexity index is 943. The molecule has 4 rings (SSSR count). The van der Waals surface area contributed by atoms with E-state index < -0.39 is 34.0 Å². The van der Waals surface area contributed by atoms with Crippen LogP contribution in [0, 0.1) is 0 Å². The van der Waals surface area contributed by atoms with E-state index in [0.717, 1.165) is 0 Å². The lowest BCUT2D eigenvalue weighted by molar-refractivity contribution is 0.105. The van der Waals surface area contributed by atoms with Crippen molar-refractivity contribution in [3.8, 4) is 11.5 Å². The number of rotatable bonds is 2. The van der Waals surface area contributed by atoms with Gasteiger partial charge in [0.25, 0.3) is 0 Å². The van der Waals surface area contributed by atoms with Crippen LogP contribution in [0.25, 0.3) is 0 Å². The average molecular weight is 375 g/mol. The third-order valence-corrected chi connectivity index (χ3v) is 5.98. The molecule has 0 aromatic heterocycles. The van der Waals surface area contributed by atoms with Crippen LogP contribution in [-0.4, -0.2) is 43.1 Å². The maximum absolute atomic E-state index is 12.5. The van der Waals surface area contributed by atoms with Gasteiger partial charge < -0.3 is 14.6 Å². The zero-order valence-corrected chi connectivity index (χ0v) is 14.6. The minimum atomic E-state index is -3.79. The molecule has 2 aliphatic heterocycles. The van der Waals surface area contributed by atoms with Crippen LogP contribution in [0.1, 0.15) is 18.0 Å². The van der Waals surface area contributed by atoms with Crippen molar-refractivity contribution in [2.24, 2.45) is 0 Å². The van der Waals surface area contributed by atoms with Gasteiger partial charge >= 0.3 is 6.09 Å². The van der Waals surface area contributed by atoms with Crippen molar-refractivity contribution in [3.63, 3.8) is 0 Å². The third kappa shape index (κ3) is 3.02. The van der Waals surface area contributed by atoms with Crippen molar-refractivity contribution >= 4 is 15.9 Å². The molecule has 26 heavy (non-hydrogen) atoms. The molecule has 2 aromatic rings. The molecule has 136 valence electrons. The Morgan fingerprint density at radius 1 is 1.12 bits per heavy atom. The fourth-order valence-corrected chi connectivity index (χ4v) is 4.56. The second kappa shape index (κ2) is 6.30. The van der Waals surface area contributed by atoms with Crippen molar-refractivity contribution in [2.45, 2.75) is 23.5 Å². The highest BCUT2D eigenvalue weighted by Crippen LogP contribution is 2.40. The molecule has 0 aliphatic carbocycles. The monoisotopic (exact) mass is 375 g/mol. The molecule has 2 aromatic carbocycles. The highest BCUT2D eigenvalue weighted by atomic mass is 32.2. The molecule has 7 nitrogen and oxygen atoms in total. The summed E-state index contributed by atoms with van der Waals surface area (Å²) >= 11 is 0. The molecule has 1 N–H and O–H groups in total. The van der Waals surface area contributed by atoms with Crippen molar-refractivity contribution in [1.29, 1.82) is 0 Å². The molecule has 0 radical (unpaired) electrons. The van der Waals surface area contributed by atoms with Crippen LogP contribution < -0.4 is 4.74 Å². The molecule has 0 bridgehead atoms. The zero-order chi connectivity index (χ0) is 18.3. The topological polar surface area (TPSA) is 93.1 Å². The summed E-state index contributed by atoms with van der Waals surface area (Å²) in [5, 5.41) is 9.99. The van der Waals surface area contributed by atoms with Crippen LogP contribution in [0.4, 0.5) is 4.79 Å². The highest BCUT2D eigenvalue weighted by Gasteiger charge is 2.41. The lowest BCUT2D eigenvalue weighted by Gasteiger charge is -2.28. The Labute approximate surface area is 150 Å². The molecule has 1 fully saturated rings. The van der Waals surface area contributed by atoms with E-state index in [1.54, 1.807) is 24.3 Å². The van der Waals surface area contributed by atoms with Crippen LogP contribution in [0.2, 0.25) is 0 Å². The largest absolute Gasteiger partial charge is 0.457 e. The number of fused-ring (bicyclic) bond motifs is 3. The Balaban J connectivity index is 1.80. The molecule has 0 spiro atoms. The number of carbonyl (C=O) groups excluding carboxylic acids is 1. The number of ether oxygens (including phenoxy) is 2. The Morgan fingerprint density at radius 2 is 1.88 bits per heavy atom. The maximum Gasteiger partial charge on any atom is 0.411 e. The van der Waals surface area contributed by atoms with Gasteiger partial charge in [0.2, 0.25) is 9.84 Å². The molecule has 0 saturated carbocycles. The first-order valence-corrected chi connectivity index (χ1v) is 9.80. The number of amides is 1. The van der Waals surface area contributed by atoms with Gasteiger partial charge in [-0.3, -0.25) is 4.90 Å². The van der Waals surface area contributed by atoms with Crippen molar-refractivity contribution < 1.29 is 27.8 Å². The highest BCUT2D eigenvalue weighted by molar-refractivity contribution is 7.91. The van der Waals surface area contributed by atoms with E-state index in [2.05, 4.69) is 0 Å². The molecule has 1 amide bonds. The number of cyclic esters (lactones) is 1. The van der Waals surface area contributed by atoms with E-state index in [-0.39, 0.29) is 17.9 Å². The number of hydrogen-bond acceptors (Lipinski definition) is 6. The standard InChI is InChI=1S/C18H17NO6S/c20-12-8-16-15-9-14(25-13-4-2-1-3-5-13)6-7-17(15)26(22,23)11-24-18(21)19(16)10-12/h1-7,9,12,16,20H,8,10-11H2/t12-,16-/m1/s1. The summed E-state index contributed by atoms with van der Waals surface area (Å²) in [6, 6.07) is 13.2. The first-order valence-electron chi connectivity index (χ1n) is 8.15. The SMILES string of the molecule is O=C1OCS(=O)(=O)c2ccc(Oc3ccccc3)cc2[C@H]2C[C@@H](O)CN12. The van der Waals surface area contributed by atoms with E-state index >= 15 is 0 Å². The molecular weight excluding hydrogens is 358 g/mol. The maximum atomic E-state index is 12.5. The van der Waals surface area contributed by atoms with E-state index in [9.17, 15) is 18.3 Å². The Kier molecular flexibility index (Phi) is 4.08. The van der Waals surface area contributed by atoms with E-state index in [0.29, 0.717) is 17.1 Å². The van der Waals surface area contributed by atoms with Gasteiger partial charge in [-0.1, -0.05) is 18.2 Å². The average Bonchev–Trinajstić information content (AvgIpc) is 3.01. The Morgan fingerprint density at radius 3 is 2.65 bits per heavy atom. The van der Waals surface area contributed by atoms with Crippen LogP contribution in [-0.2, 0) is 14.6 Å². The van der Waals surface area contributed by atoms with Gasteiger partial charge in [-0.05, 0) is 42.3 Å². The molecule has 2 aliphatic rings. The number of carbonyl (C=O) groups is 1. The van der Waals surface area contributed by atoms with Crippen LogP contribution in [0.5, 0.6) is 11.5 Å². The zero-order valence-electron chi connectivity index (χ0n) is 13.7. The number of aliphatic hydroxyl groups excluding tert-OH is 1. The number of nitrogens with zero attached hydrogens (tertiary/aromatic N) is 1. The molecule has 2 atom stereocenters. The molecular formula is C18H17NO6S. The normalized spacial score (nSPS) is 24.0. The molecule has 0 unspecified atom stereocenters. The quantitative estimate of drug-likeness (QED) is 0.867. The Hall–Kier alpha value is -2.58. The van der Waals surface area contributed by atoms with Gasteiger partial charge in [-0.25, -0.2) is 13.2 Å². The van der Waals surface area contributed by atoms with Gasteiger partial charge in [-0.15, -0.1) is 0 Å². The smallest absolute Gasteiger partial charge is 0.411 e. The molecule has 1 saturated heterocycles. The first kappa shape index (κ1) is 16.9. The number of sulfone groups is 1. The van der Waals surface area contributed by atoms with Gasteiger partial charge in [0, 0.05) is 0 Å². The molecule has 2 heterocycles. The van der Waals surface area contributed by atoms with Crippen LogP contribution >= 0.6 is 0 Å². The summed E-state index contributed by atoms with van der Waals surface area (Å²) in [6.45, 7) is 0.104. The van der Waals surface area contributed by atoms with Gasteiger partial charge in [-0.2, -0.15) is 0 Å². The summed E-state index contributed by atoms with van der Waals surface area (Å²) in [6.07, 6.45) is -1.23. The minimum Gasteiger partial charge on any atom is -0.457 e. The van der Waals surface area contributed by atoms with Crippen LogP contribution in [0.3, 0.4) is 0 Å². The second-order valence-corrected chi connectivity index (χ2v) is 8.22. The van der Waals surface area contributed by atoms with E-state index in [1.165, 1.54) is 11.0 Å². The number of para-hydroxylation sites is 1. The summed E-state index contributed by atoms with van der Waals surface area (Å²) < 4.78 is 35.8. The van der Waals surface area contributed by atoms with Crippen molar-refractivity contribution in [1.82, 2.24) is 4.90 Å². The predicted octanol–water partition coefficient (Wildman–Crippen LogP) is 2.47. The van der Waals surface area contributed by atoms with Gasteiger partial charge in [0.1, 0.15) is 11.5 Å².